The topological polar surface area (TPSA) is 19.7 Å². The first-order valence-corrected chi connectivity index (χ1v) is 34.1. The molecular formula is C84H50Br2N4S2. The average Bonchev–Trinajstić information content (AvgIpc) is 2.59. The van der Waals surface area contributed by atoms with E-state index in [1.54, 1.807) is 0 Å². The summed E-state index contributed by atoms with van der Waals surface area (Å²) in [5.74, 6) is 0. The van der Waals surface area contributed by atoms with Crippen molar-refractivity contribution in [2.75, 3.05) is 0 Å². The molecule has 6 aromatic heterocycles. The van der Waals surface area contributed by atoms with E-state index in [0.717, 1.165) is 14.6 Å². The molecule has 0 saturated carbocycles. The lowest BCUT2D eigenvalue weighted by atomic mass is 10.0. The maximum absolute atomic E-state index is 3.77. The molecule has 20 aromatic rings. The van der Waals surface area contributed by atoms with E-state index in [1.165, 1.54) is 167 Å². The third kappa shape index (κ3) is 8.44. The minimum Gasteiger partial charge on any atom is -0.309 e. The Kier molecular flexibility index (Phi) is 12.3. The molecular weight excluding hydrogens is 1290 g/mol. The van der Waals surface area contributed by atoms with Gasteiger partial charge in [0.05, 0.1) is 44.1 Å². The van der Waals surface area contributed by atoms with Crippen molar-refractivity contribution in [1.29, 1.82) is 0 Å². The van der Waals surface area contributed by atoms with Crippen molar-refractivity contribution in [3.63, 3.8) is 0 Å². The van der Waals surface area contributed by atoms with E-state index in [0.29, 0.717) is 0 Å². The Hall–Kier alpha value is -10.3. The van der Waals surface area contributed by atoms with Crippen LogP contribution >= 0.6 is 54.5 Å². The molecule has 0 N–H and O–H groups in total. The number of hydrogen-bond donors (Lipinski definition) is 0. The van der Waals surface area contributed by atoms with Crippen LogP contribution in [0, 0.1) is 0 Å². The number of halogens is 2. The van der Waals surface area contributed by atoms with E-state index in [2.05, 4.69) is 353 Å². The third-order valence-corrected chi connectivity index (χ3v) is 22.0. The summed E-state index contributed by atoms with van der Waals surface area (Å²) in [6.45, 7) is 0. The molecule has 432 valence electrons. The fourth-order valence-corrected chi connectivity index (χ4v) is 17.5. The van der Waals surface area contributed by atoms with Gasteiger partial charge in [-0.1, -0.05) is 165 Å². The highest BCUT2D eigenvalue weighted by atomic mass is 79.9. The summed E-state index contributed by atoms with van der Waals surface area (Å²) in [7, 11) is 0. The summed E-state index contributed by atoms with van der Waals surface area (Å²) in [5, 5.41) is 15.3. The summed E-state index contributed by atoms with van der Waals surface area (Å²) in [6.07, 6.45) is 0. The zero-order chi connectivity index (χ0) is 60.7. The summed E-state index contributed by atoms with van der Waals surface area (Å²) < 4.78 is 17.0. The Morgan fingerprint density at radius 3 is 0.859 bits per heavy atom. The zero-order valence-electron chi connectivity index (χ0n) is 49.2. The molecule has 0 bridgehead atoms. The first kappa shape index (κ1) is 53.5. The number of hydrogen-bond acceptors (Lipinski definition) is 2. The maximum Gasteiger partial charge on any atom is 0.0541 e. The van der Waals surface area contributed by atoms with Gasteiger partial charge in [-0.05, 0) is 192 Å². The number of aromatic nitrogens is 4. The van der Waals surface area contributed by atoms with Crippen molar-refractivity contribution in [3.8, 4) is 45.0 Å². The molecule has 14 aromatic carbocycles. The van der Waals surface area contributed by atoms with Crippen LogP contribution in [0.3, 0.4) is 0 Å². The minimum absolute atomic E-state index is 1.08. The average molecular weight is 1340 g/mol. The Bertz CT molecular complexity index is 6420. The lowest BCUT2D eigenvalue weighted by Crippen LogP contribution is -1.93. The Morgan fingerprint density at radius 1 is 0.185 bits per heavy atom. The van der Waals surface area contributed by atoms with Gasteiger partial charge in [-0.3, -0.25) is 0 Å². The first-order valence-electron chi connectivity index (χ1n) is 30.9. The van der Waals surface area contributed by atoms with Crippen molar-refractivity contribution >= 4 is 182 Å². The van der Waals surface area contributed by atoms with E-state index >= 15 is 0 Å². The summed E-state index contributed by atoms with van der Waals surface area (Å²) in [6, 6.07) is 111. The normalized spacial score (nSPS) is 12.0. The smallest absolute Gasteiger partial charge is 0.0541 e. The van der Waals surface area contributed by atoms with Crippen LogP contribution in [-0.2, 0) is 0 Å². The number of thiophene rings is 2. The van der Waals surface area contributed by atoms with Crippen molar-refractivity contribution < 1.29 is 0 Å². The molecule has 0 aliphatic heterocycles. The van der Waals surface area contributed by atoms with E-state index in [9.17, 15) is 0 Å². The second kappa shape index (κ2) is 21.1. The van der Waals surface area contributed by atoms with Gasteiger partial charge in [0, 0.05) is 115 Å². The Balaban J connectivity index is 0.000000132. The molecule has 0 fully saturated rings. The Morgan fingerprint density at radius 2 is 0.467 bits per heavy atom. The van der Waals surface area contributed by atoms with Gasteiger partial charge in [0.25, 0.3) is 0 Å². The molecule has 20 rings (SSSR count). The maximum atomic E-state index is 3.77. The molecule has 0 spiro atoms. The Labute approximate surface area is 553 Å². The second-order valence-electron chi connectivity index (χ2n) is 23.9. The van der Waals surface area contributed by atoms with Crippen molar-refractivity contribution in [2.45, 2.75) is 0 Å². The van der Waals surface area contributed by atoms with Crippen LogP contribution in [0.1, 0.15) is 0 Å². The van der Waals surface area contributed by atoms with E-state index in [1.807, 2.05) is 22.7 Å². The zero-order valence-corrected chi connectivity index (χ0v) is 54.0. The molecule has 0 saturated heterocycles. The van der Waals surface area contributed by atoms with Crippen LogP contribution in [-0.4, -0.2) is 18.3 Å². The number of rotatable bonds is 6. The third-order valence-electron chi connectivity index (χ3n) is 18.7. The molecule has 0 aliphatic rings. The van der Waals surface area contributed by atoms with Crippen LogP contribution in [0.2, 0.25) is 0 Å². The standard InChI is InChI=1S/C42H24Br2N2S.C42H26N2S/c43-27-12-17-39-34(22-27)32-20-25(10-15-37(32)45(39)29-6-2-1-3-7-29)26-11-16-38-33(21-26)35-23-28(44)13-18-40(35)46(38)30-14-19-42-36(24-30)31-8-4-5-9-41(31)47-42;1-2-10-29(11-3-1)43-37-15-7-4-12-31(37)34-24-27(18-21-39(34)43)28-19-22-40-35(25-28)32-13-5-8-16-38(32)44(40)30-20-23-42-36(26-30)33-14-6-9-17-41(33)45-42/h1-24H;1-26H. The molecule has 8 heteroatoms. The van der Waals surface area contributed by atoms with Gasteiger partial charge in [-0.15, -0.1) is 22.7 Å². The van der Waals surface area contributed by atoms with E-state index < -0.39 is 0 Å². The minimum atomic E-state index is 1.08. The summed E-state index contributed by atoms with van der Waals surface area (Å²) in [5.41, 5.74) is 19.3. The second-order valence-corrected chi connectivity index (χ2v) is 27.9. The number of nitrogens with zero attached hydrogens (tertiary/aromatic N) is 4. The van der Waals surface area contributed by atoms with Crippen LogP contribution < -0.4 is 0 Å². The quantitative estimate of drug-likeness (QED) is 0.158. The lowest BCUT2D eigenvalue weighted by Gasteiger charge is -2.10. The molecule has 6 heterocycles. The molecule has 0 aliphatic carbocycles. The highest BCUT2D eigenvalue weighted by molar-refractivity contribution is 9.10. The SMILES string of the molecule is Brc1ccc2c(c1)c1cc(-c3ccc4c(c3)c3cc(Br)ccc3n4-c3ccc4sc5ccccc5c4c3)ccc1n2-c1ccccc1.c1ccc(-n2c3ccccc3c3cc(-c4ccc5c(c4)c4ccccc4n5-c4ccc5sc6ccccc6c5c4)ccc32)cc1. The van der Waals surface area contributed by atoms with Gasteiger partial charge in [0.15, 0.2) is 0 Å². The monoisotopic (exact) mass is 1340 g/mol. The number of benzene rings is 14. The van der Waals surface area contributed by atoms with Crippen LogP contribution in [0.5, 0.6) is 0 Å². The molecule has 0 amide bonds. The molecule has 0 atom stereocenters. The molecule has 0 radical (unpaired) electrons. The summed E-state index contributed by atoms with van der Waals surface area (Å²) in [4.78, 5) is 0. The van der Waals surface area contributed by atoms with Gasteiger partial charge in [-0.25, -0.2) is 0 Å². The molecule has 92 heavy (non-hydrogen) atoms. The van der Waals surface area contributed by atoms with Crippen molar-refractivity contribution in [3.05, 3.63) is 312 Å². The van der Waals surface area contributed by atoms with Crippen molar-refractivity contribution in [1.82, 2.24) is 18.3 Å². The highest BCUT2D eigenvalue weighted by Gasteiger charge is 2.21. The van der Waals surface area contributed by atoms with Crippen LogP contribution in [0.15, 0.2) is 312 Å². The first-order chi connectivity index (χ1) is 45.4. The number of para-hydroxylation sites is 4. The summed E-state index contributed by atoms with van der Waals surface area (Å²) >= 11 is 11.2. The molecule has 4 nitrogen and oxygen atoms in total. The van der Waals surface area contributed by atoms with Gasteiger partial charge in [0.2, 0.25) is 0 Å². The van der Waals surface area contributed by atoms with Crippen LogP contribution in [0.4, 0.5) is 0 Å². The number of fused-ring (bicyclic) bond motifs is 18. The predicted molar refractivity (Wildman–Crippen MR) is 402 cm³/mol. The predicted octanol–water partition coefficient (Wildman–Crippen LogP) is 25.4. The fourth-order valence-electron chi connectivity index (χ4n) is 14.6. The van der Waals surface area contributed by atoms with E-state index in [4.69, 9.17) is 0 Å². The molecule has 0 unspecified atom stereocenters. The van der Waals surface area contributed by atoms with Crippen LogP contribution in [0.25, 0.3) is 173 Å². The van der Waals surface area contributed by atoms with Gasteiger partial charge in [-0.2, -0.15) is 0 Å². The van der Waals surface area contributed by atoms with Crippen molar-refractivity contribution in [2.24, 2.45) is 0 Å². The largest absolute Gasteiger partial charge is 0.309 e. The fraction of sp³-hybridized carbons (Fsp3) is 0. The highest BCUT2D eigenvalue weighted by Crippen LogP contribution is 2.44. The van der Waals surface area contributed by atoms with Gasteiger partial charge in [0.1, 0.15) is 0 Å². The lowest BCUT2D eigenvalue weighted by molar-refractivity contribution is 1.18. The van der Waals surface area contributed by atoms with Gasteiger partial charge < -0.3 is 18.3 Å². The van der Waals surface area contributed by atoms with E-state index in [-0.39, 0.29) is 0 Å². The van der Waals surface area contributed by atoms with Gasteiger partial charge >= 0.3 is 0 Å².